The lowest BCUT2D eigenvalue weighted by Crippen LogP contribution is -2.67. The van der Waals surface area contributed by atoms with Crippen molar-refractivity contribution in [1.82, 2.24) is 15.1 Å². The molecule has 1 heterocycles. The Labute approximate surface area is 210 Å². The number of ether oxygens (including phenoxy) is 2. The summed E-state index contributed by atoms with van der Waals surface area (Å²) in [6, 6.07) is 11.8. The number of hydrogen-bond donors (Lipinski definition) is 2. The van der Waals surface area contributed by atoms with Crippen LogP contribution in [0.2, 0.25) is 5.02 Å². The van der Waals surface area contributed by atoms with Gasteiger partial charge in [-0.25, -0.2) is 14.5 Å². The molecule has 1 atom stereocenters. The van der Waals surface area contributed by atoms with E-state index in [-0.39, 0.29) is 32.2 Å². The second kappa shape index (κ2) is 11.8. The number of nitrogens with one attached hydrogen (secondary N) is 2. The first-order valence-electron chi connectivity index (χ1n) is 11.5. The summed E-state index contributed by atoms with van der Waals surface area (Å²) in [5.41, 5.74) is 2.57. The van der Waals surface area contributed by atoms with Crippen LogP contribution in [0.4, 0.5) is 15.3 Å². The Bertz CT molecular complexity index is 1060. The minimum atomic E-state index is -0.844. The van der Waals surface area contributed by atoms with Gasteiger partial charge in [-0.2, -0.15) is 0 Å². The minimum Gasteiger partial charge on any atom is -0.489 e. The summed E-state index contributed by atoms with van der Waals surface area (Å²) in [5.74, 6) is 0.0643. The SMILES string of the molecule is CCOC(=O)CCN1C(=O)NC(Nc2ccc(OC(C)C)c(Cl)c2)N(Cc2ccc(C)cc2)C1=O. The first kappa shape index (κ1) is 26.2. The van der Waals surface area contributed by atoms with E-state index in [0.29, 0.717) is 16.5 Å². The highest BCUT2D eigenvalue weighted by Gasteiger charge is 2.38. The highest BCUT2D eigenvalue weighted by atomic mass is 35.5. The third kappa shape index (κ3) is 7.02. The Morgan fingerprint density at radius 3 is 2.51 bits per heavy atom. The molecule has 1 fully saturated rings. The number of imide groups is 1. The van der Waals surface area contributed by atoms with Gasteiger partial charge in [-0.1, -0.05) is 41.4 Å². The molecule has 0 aliphatic carbocycles. The molecule has 3 rings (SSSR count). The van der Waals surface area contributed by atoms with Gasteiger partial charge in [0.05, 0.1) is 30.7 Å². The molecule has 2 aromatic carbocycles. The fourth-order valence-corrected chi connectivity index (χ4v) is 3.74. The van der Waals surface area contributed by atoms with Gasteiger partial charge in [0.1, 0.15) is 5.75 Å². The first-order chi connectivity index (χ1) is 16.7. The van der Waals surface area contributed by atoms with Crippen molar-refractivity contribution in [1.29, 1.82) is 0 Å². The smallest absolute Gasteiger partial charge is 0.331 e. The van der Waals surface area contributed by atoms with Gasteiger partial charge in [-0.15, -0.1) is 0 Å². The summed E-state index contributed by atoms with van der Waals surface area (Å²) >= 11 is 6.36. The monoisotopic (exact) mass is 502 g/mol. The molecule has 10 heteroatoms. The molecule has 188 valence electrons. The lowest BCUT2D eigenvalue weighted by Gasteiger charge is -2.41. The molecule has 0 radical (unpaired) electrons. The second-order valence-corrected chi connectivity index (χ2v) is 8.82. The van der Waals surface area contributed by atoms with E-state index in [0.717, 1.165) is 16.0 Å². The molecule has 35 heavy (non-hydrogen) atoms. The molecular weight excluding hydrogens is 472 g/mol. The summed E-state index contributed by atoms with van der Waals surface area (Å²) in [7, 11) is 0. The predicted octanol–water partition coefficient (Wildman–Crippen LogP) is 4.73. The molecule has 4 amide bonds. The Hall–Kier alpha value is -3.46. The summed E-state index contributed by atoms with van der Waals surface area (Å²) in [5, 5.41) is 6.37. The molecule has 9 nitrogen and oxygen atoms in total. The Kier molecular flexibility index (Phi) is 8.81. The number of carbonyl (C=O) groups is 3. The van der Waals surface area contributed by atoms with Crippen molar-refractivity contribution in [2.75, 3.05) is 18.5 Å². The average molecular weight is 503 g/mol. The summed E-state index contributed by atoms with van der Waals surface area (Å²) in [6.45, 7) is 7.86. The number of amides is 4. The number of hydrogen-bond acceptors (Lipinski definition) is 6. The van der Waals surface area contributed by atoms with Crippen molar-refractivity contribution in [3.63, 3.8) is 0 Å². The van der Waals surface area contributed by atoms with Gasteiger partial charge in [-0.05, 0) is 51.5 Å². The van der Waals surface area contributed by atoms with E-state index in [1.165, 1.54) is 4.90 Å². The Morgan fingerprint density at radius 1 is 1.17 bits per heavy atom. The standard InChI is InChI=1S/C25H31ClN4O5/c1-5-34-22(31)12-13-29-24(32)28-23(27-19-10-11-21(20(26)14-19)35-16(2)3)30(25(29)33)15-18-8-6-17(4)7-9-18/h6-11,14,16,23,27H,5,12-13,15H2,1-4H3,(H,28,32). The largest absolute Gasteiger partial charge is 0.489 e. The Balaban J connectivity index is 1.82. The van der Waals surface area contributed by atoms with Gasteiger partial charge >= 0.3 is 18.0 Å². The molecule has 1 unspecified atom stereocenters. The van der Waals surface area contributed by atoms with Crippen LogP contribution in [0.3, 0.4) is 0 Å². The zero-order chi connectivity index (χ0) is 25.5. The van der Waals surface area contributed by atoms with Crippen molar-refractivity contribution in [2.45, 2.75) is 53.1 Å². The zero-order valence-electron chi connectivity index (χ0n) is 20.3. The molecule has 2 aromatic rings. The lowest BCUT2D eigenvalue weighted by molar-refractivity contribution is -0.143. The quantitative estimate of drug-likeness (QED) is 0.455. The van der Waals surface area contributed by atoms with Crippen molar-refractivity contribution in [3.8, 4) is 5.75 Å². The van der Waals surface area contributed by atoms with Gasteiger partial charge in [0.15, 0.2) is 6.29 Å². The predicted molar refractivity (Wildman–Crippen MR) is 133 cm³/mol. The average Bonchev–Trinajstić information content (AvgIpc) is 2.79. The highest BCUT2D eigenvalue weighted by molar-refractivity contribution is 6.32. The third-order valence-corrected chi connectivity index (χ3v) is 5.51. The van der Waals surface area contributed by atoms with E-state index in [4.69, 9.17) is 21.1 Å². The number of urea groups is 2. The molecule has 1 saturated heterocycles. The summed E-state index contributed by atoms with van der Waals surface area (Å²) in [4.78, 5) is 40.5. The first-order valence-corrected chi connectivity index (χ1v) is 11.9. The van der Waals surface area contributed by atoms with E-state index < -0.39 is 24.3 Å². The van der Waals surface area contributed by atoms with Gasteiger partial charge in [0, 0.05) is 12.2 Å². The van der Waals surface area contributed by atoms with Gasteiger partial charge in [-0.3, -0.25) is 15.0 Å². The van der Waals surface area contributed by atoms with Crippen LogP contribution in [0.1, 0.15) is 38.3 Å². The number of halogens is 1. The van der Waals surface area contributed by atoms with Crippen LogP contribution in [0.15, 0.2) is 42.5 Å². The molecule has 0 aromatic heterocycles. The molecule has 0 spiro atoms. The van der Waals surface area contributed by atoms with E-state index in [1.807, 2.05) is 45.0 Å². The highest BCUT2D eigenvalue weighted by Crippen LogP contribution is 2.29. The van der Waals surface area contributed by atoms with Crippen LogP contribution in [0, 0.1) is 6.92 Å². The summed E-state index contributed by atoms with van der Waals surface area (Å²) in [6.07, 6.45) is -0.966. The molecule has 0 saturated carbocycles. The number of aryl methyl sites for hydroxylation is 1. The normalized spacial score (nSPS) is 15.8. The van der Waals surface area contributed by atoms with E-state index in [2.05, 4.69) is 10.6 Å². The molecule has 1 aliphatic heterocycles. The van der Waals surface area contributed by atoms with Crippen LogP contribution in [0.25, 0.3) is 0 Å². The van der Waals surface area contributed by atoms with Crippen LogP contribution in [-0.2, 0) is 16.1 Å². The van der Waals surface area contributed by atoms with Crippen molar-refractivity contribution < 1.29 is 23.9 Å². The number of carbonyl (C=O) groups excluding carboxylic acids is 3. The van der Waals surface area contributed by atoms with Crippen LogP contribution >= 0.6 is 11.6 Å². The van der Waals surface area contributed by atoms with Gasteiger partial charge < -0.3 is 14.8 Å². The third-order valence-electron chi connectivity index (χ3n) is 5.21. The molecular formula is C25H31ClN4O5. The maximum atomic E-state index is 13.4. The number of anilines is 1. The minimum absolute atomic E-state index is 0.0350. The van der Waals surface area contributed by atoms with Crippen molar-refractivity contribution in [3.05, 3.63) is 58.6 Å². The van der Waals surface area contributed by atoms with Crippen molar-refractivity contribution >= 4 is 35.3 Å². The number of benzene rings is 2. The van der Waals surface area contributed by atoms with Gasteiger partial charge in [0.25, 0.3) is 0 Å². The van der Waals surface area contributed by atoms with Gasteiger partial charge in [0.2, 0.25) is 0 Å². The molecule has 2 N–H and O–H groups in total. The lowest BCUT2D eigenvalue weighted by atomic mass is 10.1. The molecule has 1 aliphatic rings. The number of rotatable bonds is 10. The topological polar surface area (TPSA) is 100 Å². The second-order valence-electron chi connectivity index (χ2n) is 8.41. The maximum absolute atomic E-state index is 13.4. The van der Waals surface area contributed by atoms with Crippen LogP contribution < -0.4 is 15.4 Å². The van der Waals surface area contributed by atoms with E-state index in [1.54, 1.807) is 25.1 Å². The van der Waals surface area contributed by atoms with E-state index in [9.17, 15) is 14.4 Å². The Morgan fingerprint density at radius 2 is 1.89 bits per heavy atom. The molecule has 0 bridgehead atoms. The van der Waals surface area contributed by atoms with Crippen LogP contribution in [-0.4, -0.2) is 53.4 Å². The van der Waals surface area contributed by atoms with E-state index >= 15 is 0 Å². The van der Waals surface area contributed by atoms with Crippen LogP contribution in [0.5, 0.6) is 5.75 Å². The fraction of sp³-hybridized carbons (Fsp3) is 0.400. The number of esters is 1. The van der Waals surface area contributed by atoms with Crippen molar-refractivity contribution in [2.24, 2.45) is 0 Å². The summed E-state index contributed by atoms with van der Waals surface area (Å²) < 4.78 is 10.6. The number of nitrogens with zero attached hydrogens (tertiary/aromatic N) is 2. The maximum Gasteiger partial charge on any atom is 0.331 e. The fourth-order valence-electron chi connectivity index (χ4n) is 3.52. The zero-order valence-corrected chi connectivity index (χ0v) is 21.1.